The molecular formula is C23H32N4O4. The molecule has 0 aromatic heterocycles. The fourth-order valence-electron chi connectivity index (χ4n) is 5.12. The number of amides is 4. The Hall–Kier alpha value is -2.61. The minimum absolute atomic E-state index is 0.118. The van der Waals surface area contributed by atoms with Crippen LogP contribution in [0.1, 0.15) is 69.4 Å². The molecule has 4 rings (SSSR count). The van der Waals surface area contributed by atoms with Crippen molar-refractivity contribution in [2.24, 2.45) is 0 Å². The summed E-state index contributed by atoms with van der Waals surface area (Å²) < 4.78 is 5.26. The molecule has 1 aromatic carbocycles. The lowest BCUT2D eigenvalue weighted by atomic mass is 9.82. The summed E-state index contributed by atoms with van der Waals surface area (Å²) in [5.41, 5.74) is 2.89. The summed E-state index contributed by atoms with van der Waals surface area (Å²) >= 11 is 0. The highest BCUT2D eigenvalue weighted by molar-refractivity contribution is 6.08. The summed E-state index contributed by atoms with van der Waals surface area (Å²) in [4.78, 5) is 40.4. The molecule has 0 bridgehead atoms. The maximum atomic E-state index is 12.9. The van der Waals surface area contributed by atoms with Gasteiger partial charge in [0.1, 0.15) is 11.3 Å². The Balaban J connectivity index is 1.43. The molecule has 1 unspecified atom stereocenters. The number of hydrazine groups is 1. The van der Waals surface area contributed by atoms with Crippen molar-refractivity contribution in [2.75, 3.05) is 20.2 Å². The van der Waals surface area contributed by atoms with Gasteiger partial charge in [-0.2, -0.15) is 5.01 Å². The Morgan fingerprint density at radius 2 is 1.81 bits per heavy atom. The average molecular weight is 429 g/mol. The van der Waals surface area contributed by atoms with Gasteiger partial charge in [-0.3, -0.25) is 19.9 Å². The van der Waals surface area contributed by atoms with Gasteiger partial charge < -0.3 is 10.1 Å². The number of methoxy groups -OCH3 is 1. The van der Waals surface area contributed by atoms with E-state index in [1.807, 2.05) is 24.3 Å². The number of imide groups is 1. The van der Waals surface area contributed by atoms with Crippen molar-refractivity contribution in [3.8, 4) is 5.75 Å². The third-order valence-electron chi connectivity index (χ3n) is 6.82. The summed E-state index contributed by atoms with van der Waals surface area (Å²) in [7, 11) is 1.64. The zero-order chi connectivity index (χ0) is 21.8. The van der Waals surface area contributed by atoms with E-state index in [2.05, 4.69) is 15.6 Å². The van der Waals surface area contributed by atoms with E-state index in [1.165, 1.54) is 0 Å². The predicted octanol–water partition coefficient (Wildman–Crippen LogP) is 2.90. The van der Waals surface area contributed by atoms with Gasteiger partial charge in [0.15, 0.2) is 0 Å². The van der Waals surface area contributed by atoms with Crippen molar-refractivity contribution < 1.29 is 19.1 Å². The lowest BCUT2D eigenvalue weighted by Crippen LogP contribution is -2.52. The molecule has 0 radical (unpaired) electrons. The summed E-state index contributed by atoms with van der Waals surface area (Å²) in [6.07, 6.45) is 8.36. The van der Waals surface area contributed by atoms with E-state index in [-0.39, 0.29) is 24.4 Å². The molecule has 2 heterocycles. The first-order chi connectivity index (χ1) is 15.0. The molecule has 168 valence electrons. The van der Waals surface area contributed by atoms with Crippen LogP contribution in [0.2, 0.25) is 0 Å². The zero-order valence-corrected chi connectivity index (χ0v) is 18.2. The fraction of sp³-hybridized carbons (Fsp3) is 0.609. The number of hydrogen-bond acceptors (Lipinski definition) is 5. The van der Waals surface area contributed by atoms with Crippen LogP contribution in [-0.4, -0.2) is 53.5 Å². The number of ether oxygens (including phenoxy) is 1. The van der Waals surface area contributed by atoms with Crippen LogP contribution in [0.4, 0.5) is 4.79 Å². The van der Waals surface area contributed by atoms with Gasteiger partial charge >= 0.3 is 6.03 Å². The van der Waals surface area contributed by atoms with Gasteiger partial charge in [-0.05, 0) is 49.9 Å². The number of rotatable bonds is 5. The van der Waals surface area contributed by atoms with Crippen LogP contribution in [0.25, 0.3) is 0 Å². The van der Waals surface area contributed by atoms with Crippen LogP contribution in [0, 0.1) is 0 Å². The molecule has 1 aliphatic carbocycles. The van der Waals surface area contributed by atoms with Gasteiger partial charge in [0, 0.05) is 6.04 Å². The van der Waals surface area contributed by atoms with Gasteiger partial charge in [-0.1, -0.05) is 44.2 Å². The van der Waals surface area contributed by atoms with Gasteiger partial charge in [0.2, 0.25) is 0 Å². The topological polar surface area (TPSA) is 91.0 Å². The van der Waals surface area contributed by atoms with E-state index in [4.69, 9.17) is 4.74 Å². The number of carbonyl (C=O) groups excluding carboxylic acids is 3. The van der Waals surface area contributed by atoms with Crippen LogP contribution in [0.5, 0.6) is 5.75 Å². The number of likely N-dealkylation sites (tertiary alicyclic amines) is 1. The number of carbonyl (C=O) groups is 3. The van der Waals surface area contributed by atoms with Crippen molar-refractivity contribution >= 4 is 17.8 Å². The van der Waals surface area contributed by atoms with Crippen molar-refractivity contribution in [3.05, 3.63) is 29.8 Å². The second-order valence-electron chi connectivity index (χ2n) is 8.86. The molecule has 2 saturated heterocycles. The number of nitrogens with one attached hydrogen (secondary N) is 2. The molecule has 4 amide bonds. The molecule has 3 fully saturated rings. The van der Waals surface area contributed by atoms with Gasteiger partial charge in [0.25, 0.3) is 11.8 Å². The lowest BCUT2D eigenvalue weighted by molar-refractivity contribution is -0.140. The summed E-state index contributed by atoms with van der Waals surface area (Å²) in [6, 6.07) is 7.56. The molecule has 31 heavy (non-hydrogen) atoms. The first-order valence-electron chi connectivity index (χ1n) is 11.4. The summed E-state index contributed by atoms with van der Waals surface area (Å²) in [6.45, 7) is 0.939. The number of hydrogen-bond donors (Lipinski definition) is 2. The monoisotopic (exact) mass is 428 g/mol. The van der Waals surface area contributed by atoms with Crippen molar-refractivity contribution in [1.29, 1.82) is 0 Å². The second-order valence-corrected chi connectivity index (χ2v) is 8.86. The molecule has 1 saturated carbocycles. The van der Waals surface area contributed by atoms with Crippen molar-refractivity contribution in [1.82, 2.24) is 20.7 Å². The molecule has 1 spiro atoms. The minimum Gasteiger partial charge on any atom is -0.497 e. The van der Waals surface area contributed by atoms with Crippen LogP contribution in [-0.2, 0) is 9.59 Å². The molecule has 1 atom stereocenters. The molecule has 2 aliphatic heterocycles. The van der Waals surface area contributed by atoms with Gasteiger partial charge in [-0.15, -0.1) is 0 Å². The second kappa shape index (κ2) is 9.26. The standard InChI is InChI=1S/C23H32N4O4/c1-31-18-11-9-17(10-12-18)19-8-4-2-7-15-26(19)16-20(28)25-27-21(29)23(24-22(27)30)13-5-3-6-14-23/h9-12,19H,2-8,13-16H2,1H3,(H,24,30)(H,25,28). The third-order valence-corrected chi connectivity index (χ3v) is 6.82. The number of benzene rings is 1. The van der Waals surface area contributed by atoms with E-state index in [0.717, 1.165) is 67.8 Å². The third kappa shape index (κ3) is 4.54. The first-order valence-corrected chi connectivity index (χ1v) is 11.4. The van der Waals surface area contributed by atoms with E-state index in [1.54, 1.807) is 7.11 Å². The van der Waals surface area contributed by atoms with Gasteiger partial charge in [-0.25, -0.2) is 4.79 Å². The normalized spacial score (nSPS) is 24.0. The van der Waals surface area contributed by atoms with E-state index in [0.29, 0.717) is 12.8 Å². The average Bonchev–Trinajstić information content (AvgIpc) is 2.94. The molecule has 3 aliphatic rings. The molecule has 8 heteroatoms. The highest BCUT2D eigenvalue weighted by atomic mass is 16.5. The molecular weight excluding hydrogens is 396 g/mol. The summed E-state index contributed by atoms with van der Waals surface area (Å²) in [5.74, 6) is 0.141. The van der Waals surface area contributed by atoms with E-state index >= 15 is 0 Å². The Morgan fingerprint density at radius 3 is 2.52 bits per heavy atom. The summed E-state index contributed by atoms with van der Waals surface area (Å²) in [5, 5.41) is 3.73. The molecule has 8 nitrogen and oxygen atoms in total. The largest absolute Gasteiger partial charge is 0.497 e. The molecule has 1 aromatic rings. The van der Waals surface area contributed by atoms with Crippen LogP contribution in [0.3, 0.4) is 0 Å². The smallest absolute Gasteiger partial charge is 0.344 e. The van der Waals surface area contributed by atoms with Crippen LogP contribution in [0.15, 0.2) is 24.3 Å². The highest BCUT2D eigenvalue weighted by Crippen LogP contribution is 2.33. The Labute approximate surface area is 183 Å². The number of nitrogens with zero attached hydrogens (tertiary/aromatic N) is 2. The van der Waals surface area contributed by atoms with Gasteiger partial charge in [0.05, 0.1) is 13.7 Å². The van der Waals surface area contributed by atoms with E-state index < -0.39 is 11.6 Å². The Kier molecular flexibility index (Phi) is 6.46. The quantitative estimate of drug-likeness (QED) is 0.704. The highest BCUT2D eigenvalue weighted by Gasteiger charge is 2.52. The SMILES string of the molecule is COc1ccc(C2CCCCCN2CC(=O)NN2C(=O)NC3(CCCCC3)C2=O)cc1. The Morgan fingerprint density at radius 1 is 1.10 bits per heavy atom. The zero-order valence-electron chi connectivity index (χ0n) is 18.2. The Bertz CT molecular complexity index is 819. The van der Waals surface area contributed by atoms with Crippen molar-refractivity contribution in [2.45, 2.75) is 69.4 Å². The van der Waals surface area contributed by atoms with Crippen molar-refractivity contribution in [3.63, 3.8) is 0 Å². The maximum absolute atomic E-state index is 12.9. The predicted molar refractivity (Wildman–Crippen MR) is 115 cm³/mol. The fourth-order valence-corrected chi connectivity index (χ4v) is 5.12. The van der Waals surface area contributed by atoms with E-state index in [9.17, 15) is 14.4 Å². The first kappa shape index (κ1) is 21.6. The number of urea groups is 1. The van der Waals surface area contributed by atoms with Crippen LogP contribution < -0.4 is 15.5 Å². The minimum atomic E-state index is -0.836. The lowest BCUT2D eigenvalue weighted by Gasteiger charge is -2.31. The maximum Gasteiger partial charge on any atom is 0.344 e. The molecule has 2 N–H and O–H groups in total. The van der Waals surface area contributed by atoms with Crippen LogP contribution >= 0.6 is 0 Å².